The molecule has 0 radical (unpaired) electrons. The van der Waals surface area contributed by atoms with Gasteiger partial charge < -0.3 is 28.8 Å². The number of rotatable bonds is 61. The molecule has 0 saturated carbocycles. The highest BCUT2D eigenvalue weighted by molar-refractivity contribution is 7.45. The number of quaternary nitrogens is 1. The molecule has 436 valence electrons. The van der Waals surface area contributed by atoms with Crippen molar-refractivity contribution in [3.05, 3.63) is 12.2 Å². The van der Waals surface area contributed by atoms with Crippen LogP contribution in [0, 0.1) is 0 Å². The molecule has 3 atom stereocenters. The van der Waals surface area contributed by atoms with E-state index in [2.05, 4.69) is 31.3 Å². The first-order chi connectivity index (χ1) is 35.5. The minimum atomic E-state index is -4.57. The Hall–Kier alpha value is -0.760. The number of phosphoric ester groups is 1. The lowest BCUT2D eigenvalue weighted by molar-refractivity contribution is -0.870. The van der Waals surface area contributed by atoms with Gasteiger partial charge in [-0.05, 0) is 38.5 Å². The summed E-state index contributed by atoms with van der Waals surface area (Å²) < 4.78 is 23.5. The number of hydrogen-bond donors (Lipinski definition) is 2. The lowest BCUT2D eigenvalue weighted by atomic mass is 10.0. The summed E-state index contributed by atoms with van der Waals surface area (Å²) >= 11 is 0. The molecule has 0 heterocycles. The molecule has 0 aliphatic heterocycles. The van der Waals surface area contributed by atoms with Crippen LogP contribution in [0.15, 0.2) is 12.2 Å². The SMILES string of the molecule is CCCCCCCCCC/C=C\CCCCCCCCCCCCCCCCCC(=O)NC(COP(=O)([O-])OCC[N+](C)(C)C)C(O)CCCCCCCCCCCCCCCCCCCCCCCCCC. The molecule has 0 aromatic carbocycles. The third-order valence-electron chi connectivity index (χ3n) is 15.3. The van der Waals surface area contributed by atoms with Crippen molar-refractivity contribution in [1.29, 1.82) is 0 Å². The van der Waals surface area contributed by atoms with E-state index in [9.17, 15) is 19.4 Å². The van der Waals surface area contributed by atoms with Gasteiger partial charge in [0.1, 0.15) is 13.2 Å². The van der Waals surface area contributed by atoms with Gasteiger partial charge in [-0.2, -0.15) is 0 Å². The van der Waals surface area contributed by atoms with E-state index < -0.39 is 20.0 Å². The van der Waals surface area contributed by atoms with Gasteiger partial charge in [-0.3, -0.25) is 9.36 Å². The van der Waals surface area contributed by atoms with Gasteiger partial charge in [0.2, 0.25) is 5.91 Å². The summed E-state index contributed by atoms with van der Waals surface area (Å²) in [5, 5.41) is 14.1. The second-order valence-electron chi connectivity index (χ2n) is 23.8. The average Bonchev–Trinajstić information content (AvgIpc) is 3.35. The number of aliphatic hydroxyl groups excluding tert-OH is 1. The smallest absolute Gasteiger partial charge is 0.268 e. The summed E-state index contributed by atoms with van der Waals surface area (Å²) in [7, 11) is 1.32. The lowest BCUT2D eigenvalue weighted by Gasteiger charge is -2.30. The highest BCUT2D eigenvalue weighted by atomic mass is 31.2. The molecule has 0 aliphatic rings. The summed E-state index contributed by atoms with van der Waals surface area (Å²) in [5.41, 5.74) is 0. The van der Waals surface area contributed by atoms with Crippen molar-refractivity contribution in [2.24, 2.45) is 0 Å². The Morgan fingerprint density at radius 1 is 0.466 bits per heavy atom. The molecule has 3 unspecified atom stereocenters. The summed E-state index contributed by atoms with van der Waals surface area (Å²) in [5.74, 6) is -0.157. The molecular weight excluding hydrogens is 924 g/mol. The number of allylic oxidation sites excluding steroid dienone is 2. The maximum atomic E-state index is 13.0. The van der Waals surface area contributed by atoms with Crippen molar-refractivity contribution in [1.82, 2.24) is 5.32 Å². The number of amides is 1. The fraction of sp³-hybridized carbons (Fsp3) is 0.953. The molecule has 0 bridgehead atoms. The third kappa shape index (κ3) is 58.8. The Bertz CT molecular complexity index is 1200. The number of unbranched alkanes of at least 4 members (excludes halogenated alkanes) is 46. The first-order valence-electron chi connectivity index (χ1n) is 32.5. The summed E-state index contributed by atoms with van der Waals surface area (Å²) in [6.07, 6.45) is 69.8. The molecule has 0 aromatic heterocycles. The highest BCUT2D eigenvalue weighted by Crippen LogP contribution is 2.38. The van der Waals surface area contributed by atoms with Crippen molar-refractivity contribution in [3.63, 3.8) is 0 Å². The lowest BCUT2D eigenvalue weighted by Crippen LogP contribution is -2.46. The van der Waals surface area contributed by atoms with Crippen molar-refractivity contribution < 1.29 is 32.9 Å². The van der Waals surface area contributed by atoms with E-state index in [4.69, 9.17) is 9.05 Å². The zero-order chi connectivity index (χ0) is 53.5. The van der Waals surface area contributed by atoms with E-state index in [1.807, 2.05) is 21.1 Å². The van der Waals surface area contributed by atoms with Crippen molar-refractivity contribution >= 4 is 13.7 Å². The molecule has 2 N–H and O–H groups in total. The van der Waals surface area contributed by atoms with Gasteiger partial charge in [-0.1, -0.05) is 309 Å². The van der Waals surface area contributed by atoms with Crippen LogP contribution in [0.25, 0.3) is 0 Å². The van der Waals surface area contributed by atoms with E-state index in [0.717, 1.165) is 38.5 Å². The average molecular weight is 1050 g/mol. The number of nitrogens with zero attached hydrogens (tertiary/aromatic N) is 1. The van der Waals surface area contributed by atoms with Crippen LogP contribution < -0.4 is 10.2 Å². The molecular formula is C64H129N2O6P. The van der Waals surface area contributed by atoms with Gasteiger partial charge in [-0.15, -0.1) is 0 Å². The third-order valence-corrected chi connectivity index (χ3v) is 16.2. The van der Waals surface area contributed by atoms with Crippen molar-refractivity contribution in [2.75, 3.05) is 40.9 Å². The van der Waals surface area contributed by atoms with Crippen LogP contribution in [-0.4, -0.2) is 68.5 Å². The topological polar surface area (TPSA) is 108 Å². The Labute approximate surface area is 456 Å². The van der Waals surface area contributed by atoms with Crippen LogP contribution in [0.4, 0.5) is 0 Å². The number of aliphatic hydroxyl groups is 1. The van der Waals surface area contributed by atoms with Crippen LogP contribution in [0.3, 0.4) is 0 Å². The molecule has 9 heteroatoms. The monoisotopic (exact) mass is 1050 g/mol. The number of phosphoric acid groups is 1. The molecule has 0 saturated heterocycles. The number of carbonyl (C=O) groups excluding carboxylic acids is 1. The van der Waals surface area contributed by atoms with Crippen LogP contribution in [0.1, 0.15) is 341 Å². The summed E-state index contributed by atoms with van der Waals surface area (Å²) in [6.45, 7) is 4.78. The van der Waals surface area contributed by atoms with Gasteiger partial charge >= 0.3 is 0 Å². The van der Waals surface area contributed by atoms with Crippen LogP contribution in [0.5, 0.6) is 0 Å². The maximum Gasteiger partial charge on any atom is 0.268 e. The molecule has 0 fully saturated rings. The van der Waals surface area contributed by atoms with Crippen LogP contribution in [-0.2, 0) is 18.4 Å². The Morgan fingerprint density at radius 2 is 0.753 bits per heavy atom. The molecule has 73 heavy (non-hydrogen) atoms. The quantitative estimate of drug-likeness (QED) is 0.0272. The van der Waals surface area contributed by atoms with Gasteiger partial charge in [0, 0.05) is 6.42 Å². The fourth-order valence-electron chi connectivity index (χ4n) is 10.2. The number of nitrogens with one attached hydrogen (secondary N) is 1. The molecule has 0 aromatic rings. The first kappa shape index (κ1) is 72.2. The van der Waals surface area contributed by atoms with E-state index in [1.165, 1.54) is 276 Å². The fourth-order valence-corrected chi connectivity index (χ4v) is 10.9. The Kier molecular flexibility index (Phi) is 55.4. The predicted molar refractivity (Wildman–Crippen MR) is 316 cm³/mol. The summed E-state index contributed by atoms with van der Waals surface area (Å²) in [6, 6.07) is -0.798. The largest absolute Gasteiger partial charge is 0.756 e. The van der Waals surface area contributed by atoms with E-state index >= 15 is 0 Å². The van der Waals surface area contributed by atoms with E-state index in [0.29, 0.717) is 23.9 Å². The molecule has 0 spiro atoms. The van der Waals surface area contributed by atoms with Gasteiger partial charge in [0.25, 0.3) is 7.82 Å². The maximum absolute atomic E-state index is 13.0. The molecule has 0 aliphatic carbocycles. The zero-order valence-corrected chi connectivity index (χ0v) is 50.8. The van der Waals surface area contributed by atoms with Crippen LogP contribution in [0.2, 0.25) is 0 Å². The summed E-state index contributed by atoms with van der Waals surface area (Å²) in [4.78, 5) is 25.6. The number of likely N-dealkylation sites (N-methyl/N-ethyl adjacent to an activating group) is 1. The highest BCUT2D eigenvalue weighted by Gasteiger charge is 2.24. The Balaban J connectivity index is 4.05. The molecule has 8 nitrogen and oxygen atoms in total. The van der Waals surface area contributed by atoms with Crippen molar-refractivity contribution in [3.8, 4) is 0 Å². The molecule has 1 amide bonds. The predicted octanol–water partition coefficient (Wildman–Crippen LogP) is 19.5. The minimum absolute atomic E-state index is 0.0155. The van der Waals surface area contributed by atoms with E-state index in [1.54, 1.807) is 0 Å². The number of hydrogen-bond acceptors (Lipinski definition) is 6. The number of carbonyl (C=O) groups is 1. The van der Waals surface area contributed by atoms with Gasteiger partial charge in [-0.25, -0.2) is 0 Å². The minimum Gasteiger partial charge on any atom is -0.756 e. The van der Waals surface area contributed by atoms with Gasteiger partial charge in [0.15, 0.2) is 0 Å². The Morgan fingerprint density at radius 3 is 1.07 bits per heavy atom. The van der Waals surface area contributed by atoms with Crippen molar-refractivity contribution in [2.45, 2.75) is 353 Å². The normalized spacial score (nSPS) is 13.8. The standard InChI is InChI=1S/C64H129N2O6P/c1-6-8-10-12-14-16-18-20-22-24-26-28-30-32-33-34-36-38-40-42-44-46-48-50-52-54-56-58-64(68)65-62(61-72-73(69,70)71-60-59-66(3,4)5)63(67)57-55-53-51-49-47-45-43-41-39-37-35-31-29-27-25-23-21-19-17-15-13-11-9-7-2/h24,26,62-63,67H,6-23,25,27-61H2,1-5H3,(H-,65,68,69,70)/b26-24-. The second kappa shape index (κ2) is 56.0. The zero-order valence-electron chi connectivity index (χ0n) is 49.9. The molecule has 0 rings (SSSR count). The first-order valence-corrected chi connectivity index (χ1v) is 34.0. The van der Waals surface area contributed by atoms with Gasteiger partial charge in [0.05, 0.1) is 39.9 Å². The van der Waals surface area contributed by atoms with E-state index in [-0.39, 0.29) is 19.1 Å². The van der Waals surface area contributed by atoms with Crippen LogP contribution >= 0.6 is 7.82 Å². The second-order valence-corrected chi connectivity index (χ2v) is 25.2.